The van der Waals surface area contributed by atoms with Crippen LogP contribution >= 0.6 is 46.4 Å². The van der Waals surface area contributed by atoms with Crippen LogP contribution in [0.5, 0.6) is 0 Å². The largest absolute Gasteiger partial charge is 0.481 e. The average Bonchev–Trinajstić information content (AvgIpc) is 1.84. The third kappa shape index (κ3) is 3.17. The monoisotopic (exact) mass is 252 g/mol. The van der Waals surface area contributed by atoms with E-state index in [4.69, 9.17) is 51.5 Å². The van der Waals surface area contributed by atoms with Gasteiger partial charge in [-0.3, -0.25) is 4.79 Å². The molecule has 0 unspecified atom stereocenters. The highest BCUT2D eigenvalue weighted by Gasteiger charge is 2.47. The van der Waals surface area contributed by atoms with Gasteiger partial charge < -0.3 is 5.11 Å². The molecule has 6 heteroatoms. The van der Waals surface area contributed by atoms with E-state index in [1.54, 1.807) is 6.92 Å². The second-order valence-corrected chi connectivity index (χ2v) is 5.30. The maximum Gasteiger partial charge on any atom is 0.306 e. The predicted octanol–water partition coefficient (Wildman–Crippen LogP) is 3.22. The molecule has 0 aromatic heterocycles. The van der Waals surface area contributed by atoms with Crippen molar-refractivity contribution in [2.24, 2.45) is 0 Å². The van der Waals surface area contributed by atoms with E-state index in [0.29, 0.717) is 0 Å². The molecule has 0 aromatic carbocycles. The molecule has 0 bridgehead atoms. The lowest BCUT2D eigenvalue weighted by Gasteiger charge is -2.30. The number of rotatable bonds is 4. The van der Waals surface area contributed by atoms with E-state index >= 15 is 0 Å². The number of carboxylic acid groups (broad SMARTS) is 1. The lowest BCUT2D eigenvalue weighted by atomic mass is 10.2. The third-order valence-electron chi connectivity index (χ3n) is 1.35. The molecular weight excluding hydrogens is 246 g/mol. The van der Waals surface area contributed by atoms with E-state index in [1.165, 1.54) is 0 Å². The zero-order chi connectivity index (χ0) is 9.99. The molecule has 2 nitrogen and oxygen atoms in total. The molecule has 0 aliphatic heterocycles. The van der Waals surface area contributed by atoms with Crippen molar-refractivity contribution in [1.82, 2.24) is 0 Å². The molecule has 0 aliphatic rings. The van der Waals surface area contributed by atoms with Crippen molar-refractivity contribution in [3.05, 3.63) is 0 Å². The number of carboxylic acids is 1. The van der Waals surface area contributed by atoms with E-state index in [0.717, 1.165) is 0 Å². The van der Waals surface area contributed by atoms with Gasteiger partial charge in [-0.15, -0.1) is 0 Å². The van der Waals surface area contributed by atoms with Crippen molar-refractivity contribution in [1.29, 1.82) is 0 Å². The van der Waals surface area contributed by atoms with Crippen LogP contribution in [0.2, 0.25) is 0 Å². The highest BCUT2D eigenvalue weighted by molar-refractivity contribution is 6.62. The summed E-state index contributed by atoms with van der Waals surface area (Å²) >= 11 is 22.7. The van der Waals surface area contributed by atoms with Gasteiger partial charge in [-0.1, -0.05) is 53.3 Å². The molecule has 12 heavy (non-hydrogen) atoms. The Morgan fingerprint density at radius 3 is 1.92 bits per heavy atom. The molecule has 0 rings (SSSR count). The van der Waals surface area contributed by atoms with Gasteiger partial charge in [0.25, 0.3) is 0 Å². The van der Waals surface area contributed by atoms with Crippen LogP contribution in [0.15, 0.2) is 0 Å². The van der Waals surface area contributed by atoms with Gasteiger partial charge in [0.05, 0.1) is 6.42 Å². The number of aliphatic carboxylic acids is 1. The number of alkyl halides is 4. The van der Waals surface area contributed by atoms with E-state index in [-0.39, 0.29) is 6.42 Å². The number of hydrogen-bond acceptors (Lipinski definition) is 1. The summed E-state index contributed by atoms with van der Waals surface area (Å²) in [6.07, 6.45) is -0.215. The molecule has 0 saturated heterocycles. The van der Waals surface area contributed by atoms with Crippen LogP contribution in [0, 0.1) is 0 Å². The summed E-state index contributed by atoms with van der Waals surface area (Å²) < 4.78 is -3.09. The first-order chi connectivity index (χ1) is 5.23. The lowest BCUT2D eigenvalue weighted by Crippen LogP contribution is -2.37. The Morgan fingerprint density at radius 1 is 1.25 bits per heavy atom. The number of halogens is 4. The molecule has 0 spiro atoms. The van der Waals surface area contributed by atoms with Gasteiger partial charge in [0, 0.05) is 0 Å². The van der Waals surface area contributed by atoms with Gasteiger partial charge in [-0.25, -0.2) is 0 Å². The fourth-order valence-electron chi connectivity index (χ4n) is 0.578. The standard InChI is InChI=1S/C6H8Cl4O2/c1-2-5(7,8)6(9,10)3-4(11)12/h2-3H2,1H3,(H,11,12). The minimum absolute atomic E-state index is 0.274. The van der Waals surface area contributed by atoms with Crippen molar-refractivity contribution < 1.29 is 9.90 Å². The Bertz CT molecular complexity index is 178. The molecule has 0 atom stereocenters. The third-order valence-corrected chi connectivity index (χ3v) is 3.83. The Hall–Kier alpha value is 0.630. The number of carbonyl (C=O) groups is 1. The smallest absolute Gasteiger partial charge is 0.306 e. The first kappa shape index (κ1) is 12.6. The molecular formula is C6H8Cl4O2. The molecule has 0 fully saturated rings. The van der Waals surface area contributed by atoms with Crippen molar-refractivity contribution in [2.75, 3.05) is 0 Å². The van der Waals surface area contributed by atoms with E-state index in [2.05, 4.69) is 0 Å². The summed E-state index contributed by atoms with van der Waals surface area (Å²) in [5.41, 5.74) is 0. The zero-order valence-electron chi connectivity index (χ0n) is 6.28. The number of hydrogen-bond donors (Lipinski definition) is 1. The summed E-state index contributed by atoms with van der Waals surface area (Å²) in [5, 5.41) is 8.42. The fourth-order valence-corrected chi connectivity index (χ4v) is 1.21. The van der Waals surface area contributed by atoms with Gasteiger partial charge in [0.1, 0.15) is 0 Å². The van der Waals surface area contributed by atoms with Crippen molar-refractivity contribution in [3.8, 4) is 0 Å². The maximum atomic E-state index is 10.3. The topological polar surface area (TPSA) is 37.3 Å². The highest BCUT2D eigenvalue weighted by Crippen LogP contribution is 2.47. The van der Waals surface area contributed by atoms with Gasteiger partial charge in [-0.05, 0) is 6.42 Å². The quantitative estimate of drug-likeness (QED) is 0.782. The molecule has 0 saturated carbocycles. The van der Waals surface area contributed by atoms with Crippen LogP contribution in [0.4, 0.5) is 0 Å². The Labute approximate surface area is 90.7 Å². The summed E-state index contributed by atoms with van der Waals surface area (Å²) in [6, 6.07) is 0. The summed E-state index contributed by atoms with van der Waals surface area (Å²) in [6.45, 7) is 1.67. The normalized spacial score (nSPS) is 13.1. The van der Waals surface area contributed by atoms with Crippen molar-refractivity contribution in [3.63, 3.8) is 0 Å². The molecule has 0 amide bonds. The second-order valence-electron chi connectivity index (χ2n) is 2.33. The first-order valence-corrected chi connectivity index (χ1v) is 4.71. The van der Waals surface area contributed by atoms with E-state index in [1.807, 2.05) is 0 Å². The van der Waals surface area contributed by atoms with Crippen LogP contribution in [0.3, 0.4) is 0 Å². The SMILES string of the molecule is CCC(Cl)(Cl)C(Cl)(Cl)CC(=O)O. The maximum absolute atomic E-state index is 10.3. The summed E-state index contributed by atoms with van der Waals surface area (Å²) in [5.74, 6) is -1.14. The molecule has 0 heterocycles. The predicted molar refractivity (Wildman–Crippen MR) is 51.4 cm³/mol. The van der Waals surface area contributed by atoms with Crippen molar-refractivity contribution >= 4 is 52.4 Å². The Morgan fingerprint density at radius 2 is 1.67 bits per heavy atom. The Kier molecular flexibility index (Phi) is 4.45. The molecule has 1 N–H and O–H groups in total. The minimum atomic E-state index is -1.66. The second kappa shape index (κ2) is 4.23. The van der Waals surface area contributed by atoms with E-state index in [9.17, 15) is 4.79 Å². The van der Waals surface area contributed by atoms with Gasteiger partial charge in [-0.2, -0.15) is 0 Å². The zero-order valence-corrected chi connectivity index (χ0v) is 9.31. The fraction of sp³-hybridized carbons (Fsp3) is 0.833. The Balaban J connectivity index is 4.48. The van der Waals surface area contributed by atoms with Gasteiger partial charge in [0.2, 0.25) is 0 Å². The first-order valence-electron chi connectivity index (χ1n) is 3.20. The van der Waals surface area contributed by atoms with Crippen LogP contribution in [-0.2, 0) is 4.79 Å². The molecule has 0 radical (unpaired) electrons. The highest BCUT2D eigenvalue weighted by atomic mass is 35.5. The lowest BCUT2D eigenvalue weighted by molar-refractivity contribution is -0.137. The molecule has 0 aromatic rings. The summed E-state index contributed by atoms with van der Waals surface area (Å²) in [4.78, 5) is 10.3. The average molecular weight is 254 g/mol. The van der Waals surface area contributed by atoms with Crippen LogP contribution in [0.25, 0.3) is 0 Å². The minimum Gasteiger partial charge on any atom is -0.481 e. The summed E-state index contributed by atoms with van der Waals surface area (Å²) in [7, 11) is 0. The van der Waals surface area contributed by atoms with Gasteiger partial charge in [0.15, 0.2) is 8.67 Å². The van der Waals surface area contributed by atoms with Crippen LogP contribution < -0.4 is 0 Å². The molecule has 0 aliphatic carbocycles. The van der Waals surface area contributed by atoms with Crippen molar-refractivity contribution in [2.45, 2.75) is 28.4 Å². The van der Waals surface area contributed by atoms with Crippen LogP contribution in [0.1, 0.15) is 19.8 Å². The molecule has 72 valence electrons. The van der Waals surface area contributed by atoms with Crippen LogP contribution in [-0.4, -0.2) is 19.7 Å². The van der Waals surface area contributed by atoms with E-state index < -0.39 is 21.1 Å². The van der Waals surface area contributed by atoms with Gasteiger partial charge >= 0.3 is 5.97 Å².